The molecule has 40 heavy (non-hydrogen) atoms. The van der Waals surface area contributed by atoms with Crippen LogP contribution in [0.1, 0.15) is 168 Å². The number of esters is 2. The molecule has 8 heteroatoms. The summed E-state index contributed by atoms with van der Waals surface area (Å²) < 4.78 is 9.89. The molecule has 0 aliphatic carbocycles. The molecular formula is C32H58O8. The predicted molar refractivity (Wildman–Crippen MR) is 157 cm³/mol. The number of ether oxygens (including phenoxy) is 2. The van der Waals surface area contributed by atoms with Gasteiger partial charge in [-0.15, -0.1) is 0 Å². The number of carboxylic acids is 2. The molecule has 0 rings (SSSR count). The van der Waals surface area contributed by atoms with Gasteiger partial charge in [0.2, 0.25) is 12.2 Å². The quantitative estimate of drug-likeness (QED) is 0.0678. The smallest absolute Gasteiger partial charge is 0.349 e. The highest BCUT2D eigenvalue weighted by Gasteiger charge is 2.40. The molecule has 0 aromatic rings. The lowest BCUT2D eigenvalue weighted by Crippen LogP contribution is -2.45. The highest BCUT2D eigenvalue weighted by atomic mass is 16.6. The van der Waals surface area contributed by atoms with Crippen LogP contribution in [0.3, 0.4) is 0 Å². The number of carboxylic acid groups (broad SMARTS) is 2. The van der Waals surface area contributed by atoms with Gasteiger partial charge in [0.1, 0.15) is 0 Å². The van der Waals surface area contributed by atoms with Crippen molar-refractivity contribution in [2.24, 2.45) is 0 Å². The first-order valence-electron chi connectivity index (χ1n) is 16.2. The molecule has 0 saturated carbocycles. The molecule has 0 unspecified atom stereocenters. The SMILES string of the molecule is CCCCCCCCCCCCCC(=O)O[C@@H](C(=O)O)[C@@H](OC(=O)CCCCCCCCCCCCC)C(=O)O. The third-order valence-corrected chi connectivity index (χ3v) is 7.25. The van der Waals surface area contributed by atoms with E-state index < -0.39 is 36.1 Å². The maximum absolute atomic E-state index is 12.2. The van der Waals surface area contributed by atoms with Crippen molar-refractivity contribution in [1.29, 1.82) is 0 Å². The molecule has 0 radical (unpaired) electrons. The Balaban J connectivity index is 4.17. The number of unbranched alkanes of at least 4 members (excludes halogenated alkanes) is 20. The Hall–Kier alpha value is -2.12. The number of carbonyl (C=O) groups excluding carboxylic acids is 2. The third kappa shape index (κ3) is 22.7. The van der Waals surface area contributed by atoms with Gasteiger partial charge in [0, 0.05) is 12.8 Å². The van der Waals surface area contributed by atoms with E-state index in [1.807, 2.05) is 0 Å². The van der Waals surface area contributed by atoms with Crippen LogP contribution < -0.4 is 0 Å². The van der Waals surface area contributed by atoms with Crippen molar-refractivity contribution in [1.82, 2.24) is 0 Å². The maximum Gasteiger partial charge on any atom is 0.349 e. The van der Waals surface area contributed by atoms with Gasteiger partial charge < -0.3 is 19.7 Å². The van der Waals surface area contributed by atoms with E-state index in [1.165, 1.54) is 89.9 Å². The first-order valence-corrected chi connectivity index (χ1v) is 16.2. The zero-order valence-electron chi connectivity index (χ0n) is 25.5. The van der Waals surface area contributed by atoms with Crippen LogP contribution in [0, 0.1) is 0 Å². The van der Waals surface area contributed by atoms with Crippen LogP contribution in [-0.2, 0) is 28.7 Å². The highest BCUT2D eigenvalue weighted by Crippen LogP contribution is 2.15. The number of hydrogen-bond acceptors (Lipinski definition) is 6. The Morgan fingerprint density at radius 1 is 0.425 bits per heavy atom. The van der Waals surface area contributed by atoms with Crippen LogP contribution in [0.2, 0.25) is 0 Å². The Morgan fingerprint density at radius 2 is 0.650 bits per heavy atom. The van der Waals surface area contributed by atoms with E-state index in [0.717, 1.165) is 38.5 Å². The summed E-state index contributed by atoms with van der Waals surface area (Å²) in [6.07, 6.45) is 20.3. The molecule has 0 spiro atoms. The van der Waals surface area contributed by atoms with E-state index in [2.05, 4.69) is 13.8 Å². The Labute approximate surface area is 243 Å². The van der Waals surface area contributed by atoms with Crippen molar-refractivity contribution in [3.05, 3.63) is 0 Å². The van der Waals surface area contributed by atoms with Crippen molar-refractivity contribution < 1.29 is 38.9 Å². The maximum atomic E-state index is 12.2. The second kappa shape index (κ2) is 27.1. The van der Waals surface area contributed by atoms with Gasteiger partial charge in [0.25, 0.3) is 0 Å². The molecule has 0 aromatic heterocycles. The van der Waals surface area contributed by atoms with Crippen LogP contribution in [0.15, 0.2) is 0 Å². The zero-order valence-corrected chi connectivity index (χ0v) is 25.5. The number of carbonyl (C=O) groups is 4. The van der Waals surface area contributed by atoms with Crippen LogP contribution in [-0.4, -0.2) is 46.3 Å². The van der Waals surface area contributed by atoms with Gasteiger partial charge >= 0.3 is 23.9 Å². The fourth-order valence-corrected chi connectivity index (χ4v) is 4.75. The fraction of sp³-hybridized carbons (Fsp3) is 0.875. The molecule has 0 amide bonds. The van der Waals surface area contributed by atoms with Crippen molar-refractivity contribution in [3.63, 3.8) is 0 Å². The molecule has 0 saturated heterocycles. The topological polar surface area (TPSA) is 127 Å². The molecular weight excluding hydrogens is 512 g/mol. The van der Waals surface area contributed by atoms with Crippen LogP contribution in [0.4, 0.5) is 0 Å². The van der Waals surface area contributed by atoms with Gasteiger partial charge in [-0.1, -0.05) is 142 Å². The summed E-state index contributed by atoms with van der Waals surface area (Å²) >= 11 is 0. The monoisotopic (exact) mass is 570 g/mol. The van der Waals surface area contributed by atoms with E-state index in [4.69, 9.17) is 9.47 Å². The molecule has 0 fully saturated rings. The van der Waals surface area contributed by atoms with Gasteiger partial charge in [-0.3, -0.25) is 9.59 Å². The van der Waals surface area contributed by atoms with E-state index >= 15 is 0 Å². The molecule has 0 bridgehead atoms. The lowest BCUT2D eigenvalue weighted by Gasteiger charge is -2.21. The molecule has 2 N–H and O–H groups in total. The first-order chi connectivity index (χ1) is 19.3. The minimum absolute atomic E-state index is 0.000175. The van der Waals surface area contributed by atoms with Crippen molar-refractivity contribution in [2.75, 3.05) is 0 Å². The summed E-state index contributed by atoms with van der Waals surface area (Å²) in [5.41, 5.74) is 0. The minimum Gasteiger partial charge on any atom is -0.478 e. The molecule has 0 heterocycles. The Morgan fingerprint density at radius 3 is 0.875 bits per heavy atom. The van der Waals surface area contributed by atoms with Gasteiger partial charge in [0.05, 0.1) is 0 Å². The van der Waals surface area contributed by atoms with Crippen LogP contribution >= 0.6 is 0 Å². The van der Waals surface area contributed by atoms with Crippen LogP contribution in [0.5, 0.6) is 0 Å². The van der Waals surface area contributed by atoms with E-state index in [1.54, 1.807) is 0 Å². The van der Waals surface area contributed by atoms with Gasteiger partial charge in [-0.2, -0.15) is 0 Å². The summed E-state index contributed by atoms with van der Waals surface area (Å²) in [6.45, 7) is 4.41. The number of hydrogen-bond donors (Lipinski definition) is 2. The van der Waals surface area contributed by atoms with Gasteiger partial charge in [0.15, 0.2) is 0 Å². The van der Waals surface area contributed by atoms with Crippen molar-refractivity contribution in [2.45, 2.75) is 180 Å². The second-order valence-corrected chi connectivity index (χ2v) is 11.1. The van der Waals surface area contributed by atoms with Crippen molar-refractivity contribution in [3.8, 4) is 0 Å². The summed E-state index contributed by atoms with van der Waals surface area (Å²) in [4.78, 5) is 47.7. The molecule has 0 aliphatic heterocycles. The van der Waals surface area contributed by atoms with E-state index in [0.29, 0.717) is 12.8 Å². The normalized spacial score (nSPS) is 12.6. The lowest BCUT2D eigenvalue weighted by molar-refractivity contribution is -0.187. The van der Waals surface area contributed by atoms with E-state index in [9.17, 15) is 29.4 Å². The van der Waals surface area contributed by atoms with Gasteiger partial charge in [-0.05, 0) is 12.8 Å². The predicted octanol–water partition coefficient (Wildman–Crippen LogP) is 8.38. The fourth-order valence-electron chi connectivity index (χ4n) is 4.75. The highest BCUT2D eigenvalue weighted by molar-refractivity contribution is 5.87. The molecule has 234 valence electrons. The zero-order chi connectivity index (χ0) is 29.8. The van der Waals surface area contributed by atoms with Crippen molar-refractivity contribution >= 4 is 23.9 Å². The first kappa shape index (κ1) is 37.9. The van der Waals surface area contributed by atoms with Gasteiger partial charge in [-0.25, -0.2) is 9.59 Å². The average molecular weight is 571 g/mol. The summed E-state index contributed by atoms with van der Waals surface area (Å²) in [5.74, 6) is -4.89. The largest absolute Gasteiger partial charge is 0.478 e. The third-order valence-electron chi connectivity index (χ3n) is 7.25. The Bertz CT molecular complexity index is 607. The lowest BCUT2D eigenvalue weighted by atomic mass is 10.1. The molecule has 0 aromatic carbocycles. The number of aliphatic carboxylic acids is 2. The standard InChI is InChI=1S/C32H58O8/c1-3-5-7-9-11-13-15-17-19-21-23-25-27(33)39-29(31(35)36)30(32(37)38)40-28(34)26-24-22-20-18-16-14-12-10-8-6-4-2/h29-30H,3-26H2,1-2H3,(H,35,36)(H,37,38)/t29-,30-/m1/s1. The average Bonchev–Trinajstić information content (AvgIpc) is 2.92. The molecule has 2 atom stereocenters. The second-order valence-electron chi connectivity index (χ2n) is 11.1. The minimum atomic E-state index is -2.07. The summed E-state index contributed by atoms with van der Waals surface area (Å²) in [5, 5.41) is 18.9. The Kier molecular flexibility index (Phi) is 25.6. The summed E-state index contributed by atoms with van der Waals surface area (Å²) in [6, 6.07) is 0. The molecule has 0 aliphatic rings. The van der Waals surface area contributed by atoms with Crippen LogP contribution in [0.25, 0.3) is 0 Å². The number of rotatable bonds is 29. The summed E-state index contributed by atoms with van der Waals surface area (Å²) in [7, 11) is 0. The molecule has 8 nitrogen and oxygen atoms in total. The van der Waals surface area contributed by atoms with E-state index in [-0.39, 0.29) is 12.8 Å².